The lowest BCUT2D eigenvalue weighted by Gasteiger charge is -2.06. The third-order valence-electron chi connectivity index (χ3n) is 1.80. The van der Waals surface area contributed by atoms with Crippen LogP contribution in [0.5, 0.6) is 0 Å². The molecule has 3 N–H and O–H groups in total. The highest BCUT2D eigenvalue weighted by atomic mass is 35.5. The molecule has 86 valence electrons. The van der Waals surface area contributed by atoms with Crippen molar-refractivity contribution in [1.29, 1.82) is 0 Å². The standard InChI is InChI=1S/C10H10Cl2N2O2/c11-6-1-2-8(7(12)5-6)14-10(16)4-3-9(13)15/h1-2,5H,3-4H2,(H2,13,15)(H,14,16). The highest BCUT2D eigenvalue weighted by Crippen LogP contribution is 2.25. The van der Waals surface area contributed by atoms with Crippen molar-refractivity contribution in [2.45, 2.75) is 12.8 Å². The summed E-state index contributed by atoms with van der Waals surface area (Å²) in [6, 6.07) is 4.72. The second kappa shape index (κ2) is 5.72. The third-order valence-corrected chi connectivity index (χ3v) is 2.35. The average molecular weight is 261 g/mol. The summed E-state index contributed by atoms with van der Waals surface area (Å²) in [7, 11) is 0. The minimum atomic E-state index is -0.516. The van der Waals surface area contributed by atoms with Crippen molar-refractivity contribution in [2.24, 2.45) is 5.73 Å². The molecule has 0 saturated carbocycles. The van der Waals surface area contributed by atoms with Crippen LogP contribution in [-0.4, -0.2) is 11.8 Å². The van der Waals surface area contributed by atoms with Crippen LogP contribution < -0.4 is 11.1 Å². The van der Waals surface area contributed by atoms with Gasteiger partial charge in [0.05, 0.1) is 10.7 Å². The molecule has 0 radical (unpaired) electrons. The number of rotatable bonds is 4. The van der Waals surface area contributed by atoms with Crippen LogP contribution in [-0.2, 0) is 9.59 Å². The number of hydrogen-bond donors (Lipinski definition) is 2. The Bertz CT molecular complexity index is 421. The molecule has 1 aromatic rings. The molecule has 0 heterocycles. The van der Waals surface area contributed by atoms with Crippen LogP contribution in [0.25, 0.3) is 0 Å². The number of anilines is 1. The van der Waals surface area contributed by atoms with Crippen molar-refractivity contribution in [1.82, 2.24) is 0 Å². The van der Waals surface area contributed by atoms with Gasteiger partial charge in [-0.15, -0.1) is 0 Å². The van der Waals surface area contributed by atoms with Crippen LogP contribution in [0.2, 0.25) is 10.0 Å². The van der Waals surface area contributed by atoms with Gasteiger partial charge in [0.2, 0.25) is 11.8 Å². The second-order valence-electron chi connectivity index (χ2n) is 3.14. The van der Waals surface area contributed by atoms with Gasteiger partial charge in [-0.2, -0.15) is 0 Å². The molecular formula is C10H10Cl2N2O2. The van der Waals surface area contributed by atoms with Crippen LogP contribution in [0.4, 0.5) is 5.69 Å². The normalized spacial score (nSPS) is 9.88. The molecule has 0 atom stereocenters. The first-order valence-electron chi connectivity index (χ1n) is 4.52. The number of benzene rings is 1. The van der Waals surface area contributed by atoms with Crippen molar-refractivity contribution in [2.75, 3.05) is 5.32 Å². The van der Waals surface area contributed by atoms with Gasteiger partial charge in [-0.25, -0.2) is 0 Å². The summed E-state index contributed by atoms with van der Waals surface area (Å²) >= 11 is 11.5. The summed E-state index contributed by atoms with van der Waals surface area (Å²) in [6.07, 6.45) is 0.0470. The van der Waals surface area contributed by atoms with E-state index in [0.29, 0.717) is 15.7 Å². The Kier molecular flexibility index (Phi) is 4.58. The molecule has 0 aliphatic rings. The number of carbonyl (C=O) groups excluding carboxylic acids is 2. The van der Waals surface area contributed by atoms with Gasteiger partial charge in [0, 0.05) is 17.9 Å². The van der Waals surface area contributed by atoms with Crippen molar-refractivity contribution in [3.63, 3.8) is 0 Å². The lowest BCUT2D eigenvalue weighted by molar-refractivity contribution is -0.122. The zero-order valence-corrected chi connectivity index (χ0v) is 9.81. The fraction of sp³-hybridized carbons (Fsp3) is 0.200. The number of hydrogen-bond acceptors (Lipinski definition) is 2. The quantitative estimate of drug-likeness (QED) is 0.871. The van der Waals surface area contributed by atoms with Crippen molar-refractivity contribution in [3.8, 4) is 0 Å². The van der Waals surface area contributed by atoms with E-state index in [-0.39, 0.29) is 18.7 Å². The summed E-state index contributed by atoms with van der Waals surface area (Å²) in [5.74, 6) is -0.833. The number of halogens is 2. The van der Waals surface area contributed by atoms with E-state index >= 15 is 0 Å². The molecule has 6 heteroatoms. The van der Waals surface area contributed by atoms with Crippen LogP contribution in [0.3, 0.4) is 0 Å². The van der Waals surface area contributed by atoms with E-state index in [1.54, 1.807) is 12.1 Å². The molecular weight excluding hydrogens is 251 g/mol. The van der Waals surface area contributed by atoms with E-state index < -0.39 is 5.91 Å². The van der Waals surface area contributed by atoms with Gasteiger partial charge in [0.15, 0.2) is 0 Å². The molecule has 4 nitrogen and oxygen atoms in total. The van der Waals surface area contributed by atoms with Gasteiger partial charge < -0.3 is 11.1 Å². The summed E-state index contributed by atoms with van der Waals surface area (Å²) in [5, 5.41) is 3.39. The van der Waals surface area contributed by atoms with E-state index in [0.717, 1.165) is 0 Å². The third kappa shape index (κ3) is 4.08. The molecule has 0 aliphatic carbocycles. The maximum atomic E-state index is 11.3. The number of primary amides is 1. The summed E-state index contributed by atoms with van der Waals surface area (Å²) in [4.78, 5) is 21.8. The minimum Gasteiger partial charge on any atom is -0.370 e. The van der Waals surface area contributed by atoms with Crippen LogP contribution in [0, 0.1) is 0 Å². The maximum absolute atomic E-state index is 11.3. The van der Waals surface area contributed by atoms with Crippen molar-refractivity contribution >= 4 is 40.7 Å². The Morgan fingerprint density at radius 3 is 2.50 bits per heavy atom. The first-order valence-corrected chi connectivity index (χ1v) is 5.28. The maximum Gasteiger partial charge on any atom is 0.224 e. The van der Waals surface area contributed by atoms with E-state index in [1.165, 1.54) is 6.07 Å². The highest BCUT2D eigenvalue weighted by molar-refractivity contribution is 6.36. The summed E-state index contributed by atoms with van der Waals surface area (Å²) in [6.45, 7) is 0. The molecule has 0 bridgehead atoms. The monoisotopic (exact) mass is 260 g/mol. The van der Waals surface area contributed by atoms with Crippen molar-refractivity contribution < 1.29 is 9.59 Å². The molecule has 2 amide bonds. The van der Waals surface area contributed by atoms with Crippen LogP contribution in [0.1, 0.15) is 12.8 Å². The molecule has 0 unspecified atom stereocenters. The Balaban J connectivity index is 2.59. The predicted molar refractivity (Wildman–Crippen MR) is 63.5 cm³/mol. The zero-order valence-electron chi connectivity index (χ0n) is 8.30. The van der Waals surface area contributed by atoms with E-state index in [2.05, 4.69) is 5.32 Å². The van der Waals surface area contributed by atoms with Gasteiger partial charge in [0.25, 0.3) is 0 Å². The lowest BCUT2D eigenvalue weighted by Crippen LogP contribution is -2.17. The summed E-state index contributed by atoms with van der Waals surface area (Å²) < 4.78 is 0. The van der Waals surface area contributed by atoms with E-state index in [4.69, 9.17) is 28.9 Å². The van der Waals surface area contributed by atoms with Crippen LogP contribution >= 0.6 is 23.2 Å². The van der Waals surface area contributed by atoms with Crippen molar-refractivity contribution in [3.05, 3.63) is 28.2 Å². The van der Waals surface area contributed by atoms with E-state index in [1.807, 2.05) is 0 Å². The average Bonchev–Trinajstić information content (AvgIpc) is 2.19. The van der Waals surface area contributed by atoms with Gasteiger partial charge in [0.1, 0.15) is 0 Å². The molecule has 16 heavy (non-hydrogen) atoms. The Morgan fingerprint density at radius 1 is 1.25 bits per heavy atom. The topological polar surface area (TPSA) is 72.2 Å². The Labute approximate surface area is 103 Å². The van der Waals surface area contributed by atoms with Gasteiger partial charge in [-0.05, 0) is 18.2 Å². The van der Waals surface area contributed by atoms with Gasteiger partial charge in [-0.1, -0.05) is 23.2 Å². The molecule has 0 aliphatic heterocycles. The summed E-state index contributed by atoms with van der Waals surface area (Å²) in [5.41, 5.74) is 5.38. The molecule has 0 aromatic heterocycles. The molecule has 0 spiro atoms. The highest BCUT2D eigenvalue weighted by Gasteiger charge is 2.07. The Morgan fingerprint density at radius 2 is 1.94 bits per heavy atom. The minimum absolute atomic E-state index is 0.0110. The first kappa shape index (κ1) is 12.8. The molecule has 0 saturated heterocycles. The molecule has 1 aromatic carbocycles. The largest absolute Gasteiger partial charge is 0.370 e. The first-order chi connectivity index (χ1) is 7.49. The fourth-order valence-electron chi connectivity index (χ4n) is 1.04. The Hall–Kier alpha value is -1.26. The predicted octanol–water partition coefficient (Wildman–Crippen LogP) is 2.20. The molecule has 1 rings (SSSR count). The van der Waals surface area contributed by atoms with E-state index in [9.17, 15) is 9.59 Å². The van der Waals surface area contributed by atoms with Crippen LogP contribution in [0.15, 0.2) is 18.2 Å². The molecule has 0 fully saturated rings. The fourth-order valence-corrected chi connectivity index (χ4v) is 1.50. The number of nitrogens with one attached hydrogen (secondary N) is 1. The lowest BCUT2D eigenvalue weighted by atomic mass is 10.2. The second-order valence-corrected chi connectivity index (χ2v) is 3.98. The zero-order chi connectivity index (χ0) is 12.1. The number of nitrogens with two attached hydrogens (primary N) is 1. The number of carbonyl (C=O) groups is 2. The SMILES string of the molecule is NC(=O)CCC(=O)Nc1ccc(Cl)cc1Cl. The van der Waals surface area contributed by atoms with Gasteiger partial charge >= 0.3 is 0 Å². The smallest absolute Gasteiger partial charge is 0.224 e. The number of amides is 2. The van der Waals surface area contributed by atoms with Gasteiger partial charge in [-0.3, -0.25) is 9.59 Å².